The molecule has 3 atom stereocenters. The Morgan fingerprint density at radius 1 is 1.14 bits per heavy atom. The van der Waals surface area contributed by atoms with E-state index in [2.05, 4.69) is 12.2 Å². The van der Waals surface area contributed by atoms with Crippen LogP contribution in [0.3, 0.4) is 0 Å². The van der Waals surface area contributed by atoms with Crippen LogP contribution in [-0.2, 0) is 9.59 Å². The molecule has 4 rings (SSSR count). The van der Waals surface area contributed by atoms with Gasteiger partial charge in [0.15, 0.2) is 0 Å². The topological polar surface area (TPSA) is 37.4 Å². The lowest BCUT2D eigenvalue weighted by molar-refractivity contribution is -0.126. The minimum Gasteiger partial charge on any atom is -0.274 e. The number of aryl methyl sites for hydroxylation is 2. The van der Waals surface area contributed by atoms with Crippen LogP contribution >= 0.6 is 0 Å². The summed E-state index contributed by atoms with van der Waals surface area (Å²) in [5.74, 6) is 0.735. The van der Waals surface area contributed by atoms with Gasteiger partial charge in [0.05, 0.1) is 11.1 Å². The molecule has 1 spiro atoms. The Hall–Kier alpha value is -1.90. The Morgan fingerprint density at radius 2 is 1.95 bits per heavy atom. The van der Waals surface area contributed by atoms with E-state index in [1.165, 1.54) is 10.5 Å². The Balaban J connectivity index is 1.74. The van der Waals surface area contributed by atoms with Gasteiger partial charge in [0, 0.05) is 6.42 Å². The number of allylic oxidation sites excluding steroid dienone is 2. The van der Waals surface area contributed by atoms with Gasteiger partial charge in [0.25, 0.3) is 0 Å². The normalized spacial score (nSPS) is 33.7. The quantitative estimate of drug-likeness (QED) is 0.586. The van der Waals surface area contributed by atoms with Gasteiger partial charge in [-0.1, -0.05) is 18.2 Å². The Labute approximate surface area is 124 Å². The van der Waals surface area contributed by atoms with E-state index in [0.29, 0.717) is 12.3 Å². The number of imide groups is 1. The van der Waals surface area contributed by atoms with Gasteiger partial charge in [-0.05, 0) is 61.8 Å². The summed E-state index contributed by atoms with van der Waals surface area (Å²) in [5.41, 5.74) is 2.57. The summed E-state index contributed by atoms with van der Waals surface area (Å²) in [6.07, 6.45) is 6.64. The molecule has 0 radical (unpaired) electrons. The molecular formula is C18H19NO2. The van der Waals surface area contributed by atoms with Crippen LogP contribution in [0.15, 0.2) is 30.4 Å². The highest BCUT2D eigenvalue weighted by Crippen LogP contribution is 2.57. The Kier molecular flexibility index (Phi) is 2.48. The molecule has 1 heterocycles. The lowest BCUT2D eigenvalue weighted by Crippen LogP contribution is -2.38. The lowest BCUT2D eigenvalue weighted by atomic mass is 9.74. The summed E-state index contributed by atoms with van der Waals surface area (Å²) in [6.45, 7) is 4.05. The molecule has 2 aliphatic carbocycles. The number of hydrogen-bond acceptors (Lipinski definition) is 2. The molecule has 0 N–H and O–H groups in total. The molecule has 2 bridgehead atoms. The second-order valence-corrected chi connectivity index (χ2v) is 6.83. The first-order valence-corrected chi connectivity index (χ1v) is 7.64. The lowest BCUT2D eigenvalue weighted by Gasteiger charge is -2.28. The SMILES string of the molecule is Cc1ccc(N2C(=O)C[C@]3(C[C@@H]4C=C[C@@H]3C4)C2=O)cc1C. The van der Waals surface area contributed by atoms with E-state index in [-0.39, 0.29) is 17.7 Å². The molecular weight excluding hydrogens is 262 g/mol. The van der Waals surface area contributed by atoms with Crippen LogP contribution in [-0.4, -0.2) is 11.8 Å². The summed E-state index contributed by atoms with van der Waals surface area (Å²) in [7, 11) is 0. The van der Waals surface area contributed by atoms with Gasteiger partial charge in [-0.3, -0.25) is 14.5 Å². The second kappa shape index (κ2) is 4.06. The zero-order valence-electron chi connectivity index (χ0n) is 12.4. The van der Waals surface area contributed by atoms with Gasteiger partial charge in [0.1, 0.15) is 0 Å². The minimum atomic E-state index is -0.449. The number of hydrogen-bond donors (Lipinski definition) is 0. The molecule has 2 fully saturated rings. The van der Waals surface area contributed by atoms with Crippen molar-refractivity contribution in [1.29, 1.82) is 0 Å². The summed E-state index contributed by atoms with van der Waals surface area (Å²) < 4.78 is 0. The highest BCUT2D eigenvalue weighted by atomic mass is 16.2. The second-order valence-electron chi connectivity index (χ2n) is 6.83. The molecule has 3 aliphatic rings. The van der Waals surface area contributed by atoms with Crippen molar-refractivity contribution in [3.63, 3.8) is 0 Å². The molecule has 1 aliphatic heterocycles. The minimum absolute atomic E-state index is 0.0209. The van der Waals surface area contributed by atoms with Crippen LogP contribution in [0.25, 0.3) is 0 Å². The molecule has 21 heavy (non-hydrogen) atoms. The first kappa shape index (κ1) is 12.8. The molecule has 1 saturated carbocycles. The number of carbonyl (C=O) groups is 2. The van der Waals surface area contributed by atoms with Gasteiger partial charge < -0.3 is 0 Å². The van der Waals surface area contributed by atoms with Crippen molar-refractivity contribution in [1.82, 2.24) is 0 Å². The van der Waals surface area contributed by atoms with Gasteiger partial charge in [-0.2, -0.15) is 0 Å². The van der Waals surface area contributed by atoms with Crippen molar-refractivity contribution in [3.05, 3.63) is 41.5 Å². The van der Waals surface area contributed by atoms with Crippen molar-refractivity contribution in [2.24, 2.45) is 17.3 Å². The molecule has 3 nitrogen and oxygen atoms in total. The smallest absolute Gasteiger partial charge is 0.241 e. The van der Waals surface area contributed by atoms with Crippen LogP contribution in [0.1, 0.15) is 30.4 Å². The van der Waals surface area contributed by atoms with Crippen LogP contribution < -0.4 is 4.90 Å². The first-order valence-electron chi connectivity index (χ1n) is 7.64. The highest BCUT2D eigenvalue weighted by Gasteiger charge is 2.60. The Bertz CT molecular complexity index is 690. The number of fused-ring (bicyclic) bond motifs is 3. The summed E-state index contributed by atoms with van der Waals surface area (Å²) in [4.78, 5) is 26.9. The van der Waals surface area contributed by atoms with E-state index < -0.39 is 5.41 Å². The van der Waals surface area contributed by atoms with Crippen LogP contribution in [0, 0.1) is 31.1 Å². The molecule has 1 aromatic carbocycles. The third kappa shape index (κ3) is 1.60. The summed E-state index contributed by atoms with van der Waals surface area (Å²) in [5, 5.41) is 0. The zero-order chi connectivity index (χ0) is 14.8. The predicted molar refractivity (Wildman–Crippen MR) is 80.8 cm³/mol. The average molecular weight is 281 g/mol. The van der Waals surface area contributed by atoms with Crippen LogP contribution in [0.5, 0.6) is 0 Å². The van der Waals surface area contributed by atoms with E-state index in [4.69, 9.17) is 0 Å². The largest absolute Gasteiger partial charge is 0.274 e. The van der Waals surface area contributed by atoms with Crippen LogP contribution in [0.4, 0.5) is 5.69 Å². The molecule has 3 heteroatoms. The maximum absolute atomic E-state index is 13.0. The van der Waals surface area contributed by atoms with Gasteiger partial charge >= 0.3 is 0 Å². The van der Waals surface area contributed by atoms with E-state index >= 15 is 0 Å². The van der Waals surface area contributed by atoms with E-state index in [1.54, 1.807) is 0 Å². The number of anilines is 1. The molecule has 108 valence electrons. The highest BCUT2D eigenvalue weighted by molar-refractivity contribution is 6.23. The fraction of sp³-hybridized carbons (Fsp3) is 0.444. The maximum Gasteiger partial charge on any atom is 0.241 e. The molecule has 1 saturated heterocycles. The van der Waals surface area contributed by atoms with E-state index in [0.717, 1.165) is 24.1 Å². The van der Waals surface area contributed by atoms with Crippen molar-refractivity contribution in [2.75, 3.05) is 4.90 Å². The summed E-state index contributed by atoms with van der Waals surface area (Å²) in [6, 6.07) is 5.82. The van der Waals surface area contributed by atoms with Crippen LogP contribution in [0.2, 0.25) is 0 Å². The molecule has 0 unspecified atom stereocenters. The standard InChI is InChI=1S/C18H19NO2/c1-11-3-6-15(7-12(11)2)19-16(20)10-18(17(19)21)9-13-4-5-14(18)8-13/h3-7,13-14H,8-10H2,1-2H3/t13-,14-,18+/m1/s1. The fourth-order valence-electron chi connectivity index (χ4n) is 4.29. The number of rotatable bonds is 1. The molecule has 1 aromatic rings. The third-order valence-corrected chi connectivity index (χ3v) is 5.60. The number of nitrogens with zero attached hydrogens (tertiary/aromatic N) is 1. The van der Waals surface area contributed by atoms with E-state index in [1.807, 2.05) is 32.0 Å². The number of carbonyl (C=O) groups excluding carboxylic acids is 2. The predicted octanol–water partition coefficient (Wildman–Crippen LogP) is 3.15. The first-order chi connectivity index (χ1) is 10.0. The number of benzene rings is 1. The molecule has 0 aromatic heterocycles. The third-order valence-electron chi connectivity index (χ3n) is 5.60. The Morgan fingerprint density at radius 3 is 2.57 bits per heavy atom. The van der Waals surface area contributed by atoms with Gasteiger partial charge in [-0.15, -0.1) is 0 Å². The average Bonchev–Trinajstić information content (AvgIpc) is 3.09. The van der Waals surface area contributed by atoms with Crippen molar-refractivity contribution in [3.8, 4) is 0 Å². The van der Waals surface area contributed by atoms with Crippen molar-refractivity contribution >= 4 is 17.5 Å². The zero-order valence-corrected chi connectivity index (χ0v) is 12.4. The fourth-order valence-corrected chi connectivity index (χ4v) is 4.29. The monoisotopic (exact) mass is 281 g/mol. The number of amides is 2. The van der Waals surface area contributed by atoms with Gasteiger partial charge in [0.2, 0.25) is 11.8 Å². The van der Waals surface area contributed by atoms with Gasteiger partial charge in [-0.25, -0.2) is 0 Å². The van der Waals surface area contributed by atoms with Crippen molar-refractivity contribution < 1.29 is 9.59 Å². The maximum atomic E-state index is 13.0. The molecule has 2 amide bonds. The van der Waals surface area contributed by atoms with Crippen molar-refractivity contribution in [2.45, 2.75) is 33.1 Å². The van der Waals surface area contributed by atoms with E-state index in [9.17, 15) is 9.59 Å². The summed E-state index contributed by atoms with van der Waals surface area (Å²) >= 11 is 0.